The van der Waals surface area contributed by atoms with Gasteiger partial charge in [-0.05, 0) is 30.2 Å². The number of hydrogen-bond acceptors (Lipinski definition) is 6. The van der Waals surface area contributed by atoms with Crippen molar-refractivity contribution < 1.29 is 5.11 Å². The molecule has 3 N–H and O–H groups in total. The summed E-state index contributed by atoms with van der Waals surface area (Å²) >= 11 is 0. The zero-order valence-electron chi connectivity index (χ0n) is 13.2. The van der Waals surface area contributed by atoms with Crippen LogP contribution in [0.1, 0.15) is 18.1 Å². The molecule has 1 aliphatic rings. The lowest BCUT2D eigenvalue weighted by Gasteiger charge is -2.35. The Kier molecular flexibility index (Phi) is 5.05. The summed E-state index contributed by atoms with van der Waals surface area (Å²) in [5.74, 6) is 0.800. The second kappa shape index (κ2) is 7.39. The van der Waals surface area contributed by atoms with E-state index in [-0.39, 0.29) is 0 Å². The SMILES string of the molecule is Nc1ccc(C(O)CCN2CCN(c3ncccn3)CC2)cc1. The van der Waals surface area contributed by atoms with Gasteiger partial charge in [0.2, 0.25) is 5.95 Å². The average Bonchev–Trinajstić information content (AvgIpc) is 2.61. The lowest BCUT2D eigenvalue weighted by atomic mass is 10.1. The van der Waals surface area contributed by atoms with Gasteiger partial charge in [0, 0.05) is 50.8 Å². The Bertz CT molecular complexity index is 596. The number of benzene rings is 1. The summed E-state index contributed by atoms with van der Waals surface area (Å²) in [7, 11) is 0. The van der Waals surface area contributed by atoms with Crippen LogP contribution in [0.3, 0.4) is 0 Å². The quantitative estimate of drug-likeness (QED) is 0.810. The van der Waals surface area contributed by atoms with Gasteiger partial charge >= 0.3 is 0 Å². The van der Waals surface area contributed by atoms with Crippen LogP contribution in [0.25, 0.3) is 0 Å². The van der Waals surface area contributed by atoms with E-state index in [2.05, 4.69) is 19.8 Å². The summed E-state index contributed by atoms with van der Waals surface area (Å²) in [5, 5.41) is 10.3. The number of aliphatic hydroxyl groups excluding tert-OH is 1. The van der Waals surface area contributed by atoms with Crippen molar-refractivity contribution in [2.24, 2.45) is 0 Å². The minimum absolute atomic E-state index is 0.439. The van der Waals surface area contributed by atoms with Crippen LogP contribution in [-0.2, 0) is 0 Å². The third-order valence-electron chi connectivity index (χ3n) is 4.25. The minimum atomic E-state index is -0.439. The molecule has 1 saturated heterocycles. The Hall–Kier alpha value is -2.18. The highest BCUT2D eigenvalue weighted by molar-refractivity contribution is 5.39. The van der Waals surface area contributed by atoms with E-state index in [0.717, 1.165) is 56.3 Å². The first-order valence-corrected chi connectivity index (χ1v) is 8.00. The molecule has 6 heteroatoms. The predicted octanol–water partition coefficient (Wildman–Crippen LogP) is 1.30. The van der Waals surface area contributed by atoms with E-state index in [9.17, 15) is 5.11 Å². The number of piperazine rings is 1. The highest BCUT2D eigenvalue weighted by Gasteiger charge is 2.19. The maximum absolute atomic E-state index is 10.3. The van der Waals surface area contributed by atoms with Crippen LogP contribution in [0.15, 0.2) is 42.7 Å². The van der Waals surface area contributed by atoms with Crippen LogP contribution < -0.4 is 10.6 Å². The van der Waals surface area contributed by atoms with Crippen molar-refractivity contribution >= 4 is 11.6 Å². The van der Waals surface area contributed by atoms with Crippen LogP contribution in [-0.4, -0.2) is 52.7 Å². The zero-order chi connectivity index (χ0) is 16.1. The van der Waals surface area contributed by atoms with Gasteiger partial charge in [-0.15, -0.1) is 0 Å². The fourth-order valence-electron chi connectivity index (χ4n) is 2.82. The Morgan fingerprint density at radius 3 is 2.35 bits per heavy atom. The van der Waals surface area contributed by atoms with E-state index in [1.807, 2.05) is 30.3 Å². The van der Waals surface area contributed by atoms with E-state index in [4.69, 9.17) is 5.73 Å². The van der Waals surface area contributed by atoms with E-state index < -0.39 is 6.10 Å². The molecule has 2 aromatic rings. The molecule has 122 valence electrons. The zero-order valence-corrected chi connectivity index (χ0v) is 13.2. The van der Waals surface area contributed by atoms with Crippen molar-refractivity contribution in [3.8, 4) is 0 Å². The third-order valence-corrected chi connectivity index (χ3v) is 4.25. The number of nitrogen functional groups attached to an aromatic ring is 1. The monoisotopic (exact) mass is 313 g/mol. The molecule has 6 nitrogen and oxygen atoms in total. The van der Waals surface area contributed by atoms with E-state index in [0.29, 0.717) is 0 Å². The molecule has 3 rings (SSSR count). The lowest BCUT2D eigenvalue weighted by molar-refractivity contribution is 0.139. The number of rotatable bonds is 5. The van der Waals surface area contributed by atoms with Crippen LogP contribution in [0, 0.1) is 0 Å². The molecule has 0 aliphatic carbocycles. The highest BCUT2D eigenvalue weighted by Crippen LogP contribution is 2.19. The fourth-order valence-corrected chi connectivity index (χ4v) is 2.82. The smallest absolute Gasteiger partial charge is 0.225 e. The molecule has 1 unspecified atom stereocenters. The first-order chi connectivity index (χ1) is 11.2. The summed E-state index contributed by atoms with van der Waals surface area (Å²) in [6.45, 7) is 4.65. The van der Waals surface area contributed by atoms with E-state index in [1.165, 1.54) is 0 Å². The molecule has 0 radical (unpaired) electrons. The van der Waals surface area contributed by atoms with Crippen molar-refractivity contribution in [1.82, 2.24) is 14.9 Å². The maximum atomic E-state index is 10.3. The molecule has 23 heavy (non-hydrogen) atoms. The summed E-state index contributed by atoms with van der Waals surface area (Å²) in [6.07, 6.45) is 3.84. The van der Waals surface area contributed by atoms with Gasteiger partial charge in [0.15, 0.2) is 0 Å². The number of hydrogen-bond donors (Lipinski definition) is 2. The maximum Gasteiger partial charge on any atom is 0.225 e. The molecule has 1 aliphatic heterocycles. The first-order valence-electron chi connectivity index (χ1n) is 8.00. The Morgan fingerprint density at radius 1 is 1.04 bits per heavy atom. The average molecular weight is 313 g/mol. The first kappa shape index (κ1) is 15.7. The number of nitrogens with two attached hydrogens (primary N) is 1. The van der Waals surface area contributed by atoms with Crippen LogP contribution in [0.4, 0.5) is 11.6 Å². The van der Waals surface area contributed by atoms with E-state index in [1.54, 1.807) is 12.4 Å². The predicted molar refractivity (Wildman–Crippen MR) is 91.1 cm³/mol. The van der Waals surface area contributed by atoms with Gasteiger partial charge in [0.1, 0.15) is 0 Å². The standard InChI is InChI=1S/C17H23N5O/c18-15-4-2-14(3-5-15)16(23)6-9-21-10-12-22(13-11-21)17-19-7-1-8-20-17/h1-5,7-8,16,23H,6,9-13,18H2. The van der Waals surface area contributed by atoms with Crippen molar-refractivity contribution in [2.45, 2.75) is 12.5 Å². The van der Waals surface area contributed by atoms with Crippen molar-refractivity contribution in [2.75, 3.05) is 43.4 Å². The van der Waals surface area contributed by atoms with Gasteiger partial charge in [-0.25, -0.2) is 9.97 Å². The third kappa shape index (κ3) is 4.18. The summed E-state index contributed by atoms with van der Waals surface area (Å²) in [5.41, 5.74) is 7.32. The van der Waals surface area contributed by atoms with Crippen LogP contribution >= 0.6 is 0 Å². The summed E-state index contributed by atoms with van der Waals surface area (Å²) in [4.78, 5) is 13.2. The van der Waals surface area contributed by atoms with Crippen LogP contribution in [0.5, 0.6) is 0 Å². The van der Waals surface area contributed by atoms with Crippen molar-refractivity contribution in [1.29, 1.82) is 0 Å². The molecule has 1 aromatic heterocycles. The van der Waals surface area contributed by atoms with Gasteiger partial charge in [0.05, 0.1) is 6.10 Å². The Morgan fingerprint density at radius 2 is 1.70 bits per heavy atom. The van der Waals surface area contributed by atoms with Gasteiger partial charge < -0.3 is 15.7 Å². The molecule has 0 saturated carbocycles. The Labute approximate surface area is 136 Å². The normalized spacial score (nSPS) is 17.2. The molecule has 0 bridgehead atoms. The number of anilines is 2. The lowest BCUT2D eigenvalue weighted by Crippen LogP contribution is -2.47. The largest absolute Gasteiger partial charge is 0.399 e. The van der Waals surface area contributed by atoms with Crippen LogP contribution in [0.2, 0.25) is 0 Å². The van der Waals surface area contributed by atoms with Gasteiger partial charge in [-0.2, -0.15) is 0 Å². The molecule has 0 amide bonds. The van der Waals surface area contributed by atoms with Crippen molar-refractivity contribution in [3.05, 3.63) is 48.3 Å². The molecule has 1 aromatic carbocycles. The number of aliphatic hydroxyl groups is 1. The van der Waals surface area contributed by atoms with Gasteiger partial charge in [-0.3, -0.25) is 4.90 Å². The Balaban J connectivity index is 1.45. The molecule has 1 atom stereocenters. The van der Waals surface area contributed by atoms with Crippen molar-refractivity contribution in [3.63, 3.8) is 0 Å². The van der Waals surface area contributed by atoms with E-state index >= 15 is 0 Å². The summed E-state index contributed by atoms with van der Waals surface area (Å²) < 4.78 is 0. The van der Waals surface area contributed by atoms with Gasteiger partial charge in [0.25, 0.3) is 0 Å². The molecule has 0 spiro atoms. The highest BCUT2D eigenvalue weighted by atomic mass is 16.3. The topological polar surface area (TPSA) is 78.5 Å². The number of nitrogens with zero attached hydrogens (tertiary/aromatic N) is 4. The molecular weight excluding hydrogens is 290 g/mol. The minimum Gasteiger partial charge on any atom is -0.399 e. The molecular formula is C17H23N5O. The molecule has 2 heterocycles. The van der Waals surface area contributed by atoms with Gasteiger partial charge in [-0.1, -0.05) is 12.1 Å². The second-order valence-corrected chi connectivity index (χ2v) is 5.85. The summed E-state index contributed by atoms with van der Waals surface area (Å²) in [6, 6.07) is 9.28. The molecule has 1 fully saturated rings. The second-order valence-electron chi connectivity index (χ2n) is 5.85. The fraction of sp³-hybridized carbons (Fsp3) is 0.412. The number of aromatic nitrogens is 2.